The molecule has 3 aromatic rings. The number of thiophene rings is 1. The summed E-state index contributed by atoms with van der Waals surface area (Å²) in [6.45, 7) is 2.43. The van der Waals surface area contributed by atoms with Crippen LogP contribution in [0.15, 0.2) is 22.8 Å². The van der Waals surface area contributed by atoms with Crippen LogP contribution >= 0.6 is 11.3 Å². The van der Waals surface area contributed by atoms with Crippen molar-refractivity contribution in [2.24, 2.45) is 5.73 Å². The molecule has 0 aromatic carbocycles. The minimum Gasteiger partial charge on any atom is -0.463 e. The van der Waals surface area contributed by atoms with Gasteiger partial charge in [-0.2, -0.15) is 0 Å². The Bertz CT molecular complexity index is 976. The summed E-state index contributed by atoms with van der Waals surface area (Å²) in [5.74, 6) is 0.439. The Kier molecular flexibility index (Phi) is 3.96. The highest BCUT2D eigenvalue weighted by atomic mass is 32.1. The molecule has 1 saturated heterocycles. The van der Waals surface area contributed by atoms with Crippen LogP contribution in [0.4, 0.5) is 11.6 Å². The maximum Gasteiger partial charge on any atom is 0.260 e. The molecule has 10 heteroatoms. The number of piperazine rings is 1. The second-order valence-electron chi connectivity index (χ2n) is 5.87. The van der Waals surface area contributed by atoms with Crippen molar-refractivity contribution in [2.75, 3.05) is 36.8 Å². The molecule has 2 amide bonds. The Morgan fingerprint density at radius 3 is 2.65 bits per heavy atom. The molecule has 0 bridgehead atoms. The molecule has 4 rings (SSSR count). The number of nitrogens with zero attached hydrogens (tertiary/aromatic N) is 4. The van der Waals surface area contributed by atoms with E-state index in [1.165, 1.54) is 0 Å². The van der Waals surface area contributed by atoms with Crippen molar-refractivity contribution < 1.29 is 14.0 Å². The van der Waals surface area contributed by atoms with Crippen LogP contribution in [-0.4, -0.2) is 53.4 Å². The van der Waals surface area contributed by atoms with Gasteiger partial charge in [-0.05, 0) is 12.1 Å². The lowest BCUT2D eigenvalue weighted by Gasteiger charge is -2.32. The normalized spacial score (nSPS) is 14.8. The van der Waals surface area contributed by atoms with Crippen LogP contribution < -0.4 is 16.4 Å². The van der Waals surface area contributed by atoms with Gasteiger partial charge in [0, 0.05) is 26.2 Å². The lowest BCUT2D eigenvalue weighted by Crippen LogP contribution is -2.46. The number of fused-ring (bicyclic) bond motifs is 1. The zero-order valence-corrected chi connectivity index (χ0v) is 14.5. The van der Waals surface area contributed by atoms with Crippen molar-refractivity contribution in [2.45, 2.75) is 0 Å². The van der Waals surface area contributed by atoms with Gasteiger partial charge in [-0.3, -0.25) is 9.59 Å². The topological polar surface area (TPSA) is 132 Å². The number of aromatic nitrogens is 2. The van der Waals surface area contributed by atoms with Crippen molar-refractivity contribution in [3.8, 4) is 11.5 Å². The van der Waals surface area contributed by atoms with E-state index in [9.17, 15) is 9.59 Å². The van der Waals surface area contributed by atoms with Gasteiger partial charge < -0.3 is 25.7 Å². The number of primary amides is 1. The molecule has 4 heterocycles. The van der Waals surface area contributed by atoms with E-state index in [4.69, 9.17) is 15.9 Å². The Hall–Kier alpha value is -3.14. The number of carbonyl (C=O) groups excluding carboxylic acids is 2. The number of nitrogen functional groups attached to an aromatic ring is 1. The van der Waals surface area contributed by atoms with Crippen molar-refractivity contribution in [3.63, 3.8) is 0 Å². The third-order valence-electron chi connectivity index (χ3n) is 4.30. The average Bonchev–Trinajstić information content (AvgIpc) is 3.29. The smallest absolute Gasteiger partial charge is 0.260 e. The summed E-state index contributed by atoms with van der Waals surface area (Å²) in [6.07, 6.45) is 2.39. The minimum atomic E-state index is -0.600. The largest absolute Gasteiger partial charge is 0.463 e. The van der Waals surface area contributed by atoms with Gasteiger partial charge in [0.1, 0.15) is 15.4 Å². The second kappa shape index (κ2) is 6.30. The highest BCUT2D eigenvalue weighted by Gasteiger charge is 2.25. The number of carbonyl (C=O) groups is 2. The number of hydrogen-bond donors (Lipinski definition) is 2. The van der Waals surface area contributed by atoms with Gasteiger partial charge in [0.05, 0.1) is 17.3 Å². The molecule has 0 aliphatic carbocycles. The molecule has 0 atom stereocenters. The molecule has 1 aliphatic heterocycles. The van der Waals surface area contributed by atoms with Gasteiger partial charge in [-0.1, -0.05) is 0 Å². The predicted octanol–water partition coefficient (Wildman–Crippen LogP) is 0.911. The highest BCUT2D eigenvalue weighted by molar-refractivity contribution is 7.21. The molecular formula is C16H16N6O3S. The molecule has 26 heavy (non-hydrogen) atoms. The van der Waals surface area contributed by atoms with Crippen LogP contribution in [0.3, 0.4) is 0 Å². The van der Waals surface area contributed by atoms with Gasteiger partial charge >= 0.3 is 0 Å². The maximum atomic E-state index is 11.7. The summed E-state index contributed by atoms with van der Waals surface area (Å²) >= 11 is 1.14. The Morgan fingerprint density at radius 2 is 2.04 bits per heavy atom. The average molecular weight is 372 g/mol. The van der Waals surface area contributed by atoms with Crippen molar-refractivity contribution in [1.29, 1.82) is 0 Å². The Morgan fingerprint density at radius 1 is 1.27 bits per heavy atom. The third-order valence-corrected chi connectivity index (χ3v) is 5.42. The zero-order chi connectivity index (χ0) is 18.3. The summed E-state index contributed by atoms with van der Waals surface area (Å²) < 4.78 is 5.50. The van der Waals surface area contributed by atoms with E-state index in [2.05, 4.69) is 9.97 Å². The van der Waals surface area contributed by atoms with E-state index in [1.807, 2.05) is 4.90 Å². The second-order valence-corrected chi connectivity index (χ2v) is 6.87. The molecule has 134 valence electrons. The van der Waals surface area contributed by atoms with E-state index in [0.717, 1.165) is 17.7 Å². The van der Waals surface area contributed by atoms with E-state index in [0.29, 0.717) is 53.8 Å². The van der Waals surface area contributed by atoms with Crippen molar-refractivity contribution >= 4 is 45.5 Å². The number of hydrogen-bond acceptors (Lipinski definition) is 8. The third kappa shape index (κ3) is 2.64. The summed E-state index contributed by atoms with van der Waals surface area (Å²) in [7, 11) is 0. The Balaban J connectivity index is 1.85. The first-order valence-electron chi connectivity index (χ1n) is 7.96. The fraction of sp³-hybridized carbons (Fsp3) is 0.250. The summed E-state index contributed by atoms with van der Waals surface area (Å²) in [6, 6.07) is 3.53. The molecule has 0 spiro atoms. The lowest BCUT2D eigenvalue weighted by molar-refractivity contribution is -0.118. The molecule has 0 unspecified atom stereocenters. The van der Waals surface area contributed by atoms with Crippen LogP contribution in [0.5, 0.6) is 0 Å². The van der Waals surface area contributed by atoms with Gasteiger partial charge in [0.15, 0.2) is 5.76 Å². The predicted molar refractivity (Wildman–Crippen MR) is 97.9 cm³/mol. The standard InChI is InChI=1S/C16H16N6O3S/c17-11-10-12(9-2-1-7-25-9)19-16(20-15(10)26-13(11)14(18)24)22-5-3-21(8-23)4-6-22/h1-2,7-8H,3-6,17H2,(H2,18,24). The van der Waals surface area contributed by atoms with Gasteiger partial charge in [0.2, 0.25) is 12.4 Å². The first-order chi connectivity index (χ1) is 12.6. The van der Waals surface area contributed by atoms with Crippen molar-refractivity contribution in [3.05, 3.63) is 23.3 Å². The molecule has 9 nitrogen and oxygen atoms in total. The number of anilines is 2. The van der Waals surface area contributed by atoms with E-state index in [-0.39, 0.29) is 10.6 Å². The van der Waals surface area contributed by atoms with Crippen LogP contribution in [0, 0.1) is 0 Å². The number of rotatable bonds is 4. The number of nitrogens with two attached hydrogens (primary N) is 2. The fourth-order valence-corrected chi connectivity index (χ4v) is 3.90. The summed E-state index contributed by atoms with van der Waals surface area (Å²) in [5.41, 5.74) is 12.4. The lowest BCUT2D eigenvalue weighted by atomic mass is 10.2. The molecule has 3 aromatic heterocycles. The summed E-state index contributed by atoms with van der Waals surface area (Å²) in [5, 5.41) is 0.564. The first-order valence-corrected chi connectivity index (χ1v) is 8.78. The van der Waals surface area contributed by atoms with Gasteiger partial charge in [0.25, 0.3) is 5.91 Å². The maximum absolute atomic E-state index is 11.7. The number of amides is 2. The summed E-state index contributed by atoms with van der Waals surface area (Å²) in [4.78, 5) is 36.3. The molecule has 1 aliphatic rings. The monoisotopic (exact) mass is 372 g/mol. The van der Waals surface area contributed by atoms with Crippen LogP contribution in [0.25, 0.3) is 21.7 Å². The van der Waals surface area contributed by atoms with E-state index in [1.54, 1.807) is 23.3 Å². The number of furan rings is 1. The molecule has 1 fully saturated rings. The molecule has 4 N–H and O–H groups in total. The molecule has 0 radical (unpaired) electrons. The van der Waals surface area contributed by atoms with Crippen molar-refractivity contribution in [1.82, 2.24) is 14.9 Å². The fourth-order valence-electron chi connectivity index (χ4n) is 2.95. The van der Waals surface area contributed by atoms with Crippen LogP contribution in [0.1, 0.15) is 9.67 Å². The zero-order valence-electron chi connectivity index (χ0n) is 13.7. The van der Waals surface area contributed by atoms with Crippen LogP contribution in [-0.2, 0) is 4.79 Å². The molecular weight excluding hydrogens is 356 g/mol. The highest BCUT2D eigenvalue weighted by Crippen LogP contribution is 2.39. The van der Waals surface area contributed by atoms with Gasteiger partial charge in [-0.15, -0.1) is 11.3 Å². The van der Waals surface area contributed by atoms with E-state index < -0.39 is 5.91 Å². The van der Waals surface area contributed by atoms with Gasteiger partial charge in [-0.25, -0.2) is 9.97 Å². The molecule has 0 saturated carbocycles. The minimum absolute atomic E-state index is 0.255. The first kappa shape index (κ1) is 16.3. The SMILES string of the molecule is NC(=O)c1sc2nc(N3CCN(C=O)CC3)nc(-c3ccco3)c2c1N. The Labute approximate surface area is 152 Å². The quantitative estimate of drug-likeness (QED) is 0.651. The van der Waals surface area contributed by atoms with Crippen LogP contribution in [0.2, 0.25) is 0 Å². The van der Waals surface area contributed by atoms with E-state index >= 15 is 0 Å².